The highest BCUT2D eigenvalue weighted by atomic mass is 32.2. The molecule has 2 N–H and O–H groups in total. The van der Waals surface area contributed by atoms with Gasteiger partial charge in [0.15, 0.2) is 15.8 Å². The maximum Gasteiger partial charge on any atom is 0.191 e. The quantitative estimate of drug-likeness (QED) is 0.542. The molecule has 1 aliphatic heterocycles. The van der Waals surface area contributed by atoms with E-state index in [4.69, 9.17) is 0 Å². The second-order valence-electron chi connectivity index (χ2n) is 8.02. The number of halogens is 1. The Kier molecular flexibility index (Phi) is 7.89. The topological polar surface area (TPSA) is 73.8 Å². The van der Waals surface area contributed by atoms with Gasteiger partial charge in [-0.15, -0.1) is 0 Å². The molecule has 1 saturated carbocycles. The Bertz CT molecular complexity index is 794. The summed E-state index contributed by atoms with van der Waals surface area (Å²) in [6, 6.07) is 6.50. The molecule has 0 spiro atoms. The fraction of sp³-hybridized carbons (Fsp3) is 0.667. The summed E-state index contributed by atoms with van der Waals surface area (Å²) < 4.78 is 38.6. The minimum atomic E-state index is -3.68. The first-order chi connectivity index (χ1) is 14.0. The molecule has 1 saturated heterocycles. The van der Waals surface area contributed by atoms with Crippen molar-refractivity contribution in [1.82, 2.24) is 15.5 Å². The Morgan fingerprint density at radius 2 is 1.93 bits per heavy atom. The summed E-state index contributed by atoms with van der Waals surface area (Å²) in [4.78, 5) is 6.59. The number of rotatable bonds is 6. The van der Waals surface area contributed by atoms with Crippen molar-refractivity contribution in [3.63, 3.8) is 0 Å². The standard InChI is InChI=1S/C21H33FN4O2S/c1-23-21(24-13-15-29(27,28)20-12-6-5-11-19(20)22)25-17-8-7-14-26(16-17)18-9-3-2-4-10-18/h5-6,11-12,17-18H,2-4,7-10,13-16H2,1H3,(H2,23,24,25). The molecule has 2 aliphatic rings. The van der Waals surface area contributed by atoms with Crippen molar-refractivity contribution in [2.45, 2.75) is 61.9 Å². The molecule has 1 aromatic carbocycles. The molecule has 0 amide bonds. The first-order valence-corrected chi connectivity index (χ1v) is 12.3. The molecule has 3 rings (SSSR count). The van der Waals surface area contributed by atoms with E-state index in [1.165, 1.54) is 56.4 Å². The summed E-state index contributed by atoms with van der Waals surface area (Å²) in [6.07, 6.45) is 8.86. The van der Waals surface area contributed by atoms with E-state index in [0.717, 1.165) is 25.9 Å². The molecule has 162 valence electrons. The highest BCUT2D eigenvalue weighted by Crippen LogP contribution is 2.25. The molecule has 0 radical (unpaired) electrons. The smallest absolute Gasteiger partial charge is 0.191 e. The van der Waals surface area contributed by atoms with Crippen LogP contribution in [0.2, 0.25) is 0 Å². The zero-order valence-corrected chi connectivity index (χ0v) is 18.1. The van der Waals surface area contributed by atoms with E-state index in [2.05, 4.69) is 20.5 Å². The van der Waals surface area contributed by atoms with E-state index in [-0.39, 0.29) is 17.2 Å². The molecule has 2 fully saturated rings. The third-order valence-corrected chi connectivity index (χ3v) is 7.69. The Balaban J connectivity index is 1.48. The van der Waals surface area contributed by atoms with Gasteiger partial charge in [-0.05, 0) is 44.4 Å². The summed E-state index contributed by atoms with van der Waals surface area (Å²) >= 11 is 0. The lowest BCUT2D eigenvalue weighted by Gasteiger charge is -2.40. The molecule has 1 aliphatic carbocycles. The summed E-state index contributed by atoms with van der Waals surface area (Å²) in [6.45, 7) is 2.34. The van der Waals surface area contributed by atoms with Gasteiger partial charge in [0.2, 0.25) is 0 Å². The fourth-order valence-corrected chi connectivity index (χ4v) is 5.64. The van der Waals surface area contributed by atoms with Gasteiger partial charge in [-0.25, -0.2) is 12.8 Å². The fourth-order valence-electron chi connectivity index (χ4n) is 4.40. The van der Waals surface area contributed by atoms with E-state index in [9.17, 15) is 12.8 Å². The zero-order valence-electron chi connectivity index (χ0n) is 17.2. The lowest BCUT2D eigenvalue weighted by molar-refractivity contribution is 0.115. The zero-order chi connectivity index (χ0) is 20.7. The number of hydrogen-bond donors (Lipinski definition) is 2. The molecule has 6 nitrogen and oxygen atoms in total. The van der Waals surface area contributed by atoms with Crippen molar-refractivity contribution in [1.29, 1.82) is 0 Å². The Morgan fingerprint density at radius 1 is 1.17 bits per heavy atom. The van der Waals surface area contributed by atoms with Crippen molar-refractivity contribution >= 4 is 15.8 Å². The monoisotopic (exact) mass is 424 g/mol. The molecule has 1 unspecified atom stereocenters. The SMILES string of the molecule is CN=C(NCCS(=O)(=O)c1ccccc1F)NC1CCCN(C2CCCCC2)C1. The lowest BCUT2D eigenvalue weighted by atomic mass is 9.92. The highest BCUT2D eigenvalue weighted by Gasteiger charge is 2.27. The largest absolute Gasteiger partial charge is 0.355 e. The molecule has 1 atom stereocenters. The minimum absolute atomic E-state index is 0.176. The predicted octanol–water partition coefficient (Wildman–Crippen LogP) is 2.56. The predicted molar refractivity (Wildman–Crippen MR) is 114 cm³/mol. The minimum Gasteiger partial charge on any atom is -0.355 e. The molecule has 1 heterocycles. The van der Waals surface area contributed by atoms with Crippen molar-refractivity contribution in [2.24, 2.45) is 4.99 Å². The molecule has 0 bridgehead atoms. The van der Waals surface area contributed by atoms with Crippen LogP contribution in [-0.2, 0) is 9.84 Å². The van der Waals surface area contributed by atoms with E-state index >= 15 is 0 Å². The average Bonchev–Trinajstić information content (AvgIpc) is 2.74. The lowest BCUT2D eigenvalue weighted by Crippen LogP contribution is -2.54. The van der Waals surface area contributed by atoms with Crippen molar-refractivity contribution in [2.75, 3.05) is 32.4 Å². The average molecular weight is 425 g/mol. The number of guanidine groups is 1. The van der Waals surface area contributed by atoms with Gasteiger partial charge in [0, 0.05) is 32.2 Å². The first-order valence-electron chi connectivity index (χ1n) is 10.7. The summed E-state index contributed by atoms with van der Waals surface area (Å²) in [5, 5.41) is 6.52. The maximum atomic E-state index is 13.8. The van der Waals surface area contributed by atoms with Gasteiger partial charge in [-0.2, -0.15) is 0 Å². The molecule has 0 aromatic heterocycles. The van der Waals surface area contributed by atoms with Gasteiger partial charge in [0.1, 0.15) is 10.7 Å². The van der Waals surface area contributed by atoms with Gasteiger partial charge in [0.05, 0.1) is 5.75 Å². The van der Waals surface area contributed by atoms with Crippen LogP contribution in [0.3, 0.4) is 0 Å². The number of nitrogens with one attached hydrogen (secondary N) is 2. The van der Waals surface area contributed by atoms with Crippen LogP contribution in [0.4, 0.5) is 4.39 Å². The number of aliphatic imine (C=N–C) groups is 1. The number of benzene rings is 1. The van der Waals surface area contributed by atoms with Crippen LogP contribution >= 0.6 is 0 Å². The van der Waals surface area contributed by atoms with Crippen LogP contribution in [0, 0.1) is 5.82 Å². The number of nitrogens with zero attached hydrogens (tertiary/aromatic N) is 2. The molecule has 29 heavy (non-hydrogen) atoms. The van der Waals surface area contributed by atoms with Crippen LogP contribution in [0.15, 0.2) is 34.2 Å². The van der Waals surface area contributed by atoms with Crippen LogP contribution in [0.5, 0.6) is 0 Å². The second-order valence-corrected chi connectivity index (χ2v) is 10.1. The van der Waals surface area contributed by atoms with Gasteiger partial charge in [-0.1, -0.05) is 31.4 Å². The third-order valence-electron chi connectivity index (χ3n) is 5.94. The van der Waals surface area contributed by atoms with Gasteiger partial charge >= 0.3 is 0 Å². The summed E-state index contributed by atoms with van der Waals surface area (Å²) in [7, 11) is -2.00. The van der Waals surface area contributed by atoms with Gasteiger partial charge < -0.3 is 10.6 Å². The van der Waals surface area contributed by atoms with Crippen LogP contribution in [-0.4, -0.2) is 63.8 Å². The van der Waals surface area contributed by atoms with Gasteiger partial charge in [0.25, 0.3) is 0 Å². The highest BCUT2D eigenvalue weighted by molar-refractivity contribution is 7.91. The van der Waals surface area contributed by atoms with E-state index in [0.29, 0.717) is 18.0 Å². The Hall–Kier alpha value is -1.67. The van der Waals surface area contributed by atoms with E-state index < -0.39 is 15.7 Å². The summed E-state index contributed by atoms with van der Waals surface area (Å²) in [5.41, 5.74) is 0. The van der Waals surface area contributed by atoms with E-state index in [1.807, 2.05) is 0 Å². The number of likely N-dealkylation sites (tertiary alicyclic amines) is 1. The normalized spacial score (nSPS) is 22.4. The van der Waals surface area contributed by atoms with Crippen molar-refractivity contribution in [3.8, 4) is 0 Å². The molecular formula is C21H33FN4O2S. The molecule has 8 heteroatoms. The van der Waals surface area contributed by atoms with E-state index in [1.54, 1.807) is 7.05 Å². The Labute approximate surface area is 173 Å². The van der Waals surface area contributed by atoms with Crippen LogP contribution in [0.25, 0.3) is 0 Å². The number of hydrogen-bond acceptors (Lipinski definition) is 4. The van der Waals surface area contributed by atoms with Gasteiger partial charge in [-0.3, -0.25) is 9.89 Å². The Morgan fingerprint density at radius 3 is 2.66 bits per heavy atom. The number of sulfone groups is 1. The van der Waals surface area contributed by atoms with Crippen LogP contribution < -0.4 is 10.6 Å². The molecular weight excluding hydrogens is 391 g/mol. The summed E-state index contributed by atoms with van der Waals surface area (Å²) in [5.74, 6) is -0.294. The molecule has 1 aromatic rings. The maximum absolute atomic E-state index is 13.8. The second kappa shape index (κ2) is 10.4. The third kappa shape index (κ3) is 6.15. The number of piperidine rings is 1. The first kappa shape index (κ1) is 22.0. The van der Waals surface area contributed by atoms with Crippen LogP contribution in [0.1, 0.15) is 44.9 Å². The van der Waals surface area contributed by atoms with Crippen molar-refractivity contribution in [3.05, 3.63) is 30.1 Å². The van der Waals surface area contributed by atoms with Crippen molar-refractivity contribution < 1.29 is 12.8 Å².